The Balaban J connectivity index is 1.92. The first-order valence-electron chi connectivity index (χ1n) is 9.36. The third-order valence-corrected chi connectivity index (χ3v) is 4.27. The fraction of sp³-hybridized carbons (Fsp3) is 0.273. The van der Waals surface area contributed by atoms with Crippen LogP contribution in [0.25, 0.3) is 0 Å². The Morgan fingerprint density at radius 3 is 2.23 bits per heavy atom. The zero-order valence-corrected chi connectivity index (χ0v) is 17.8. The van der Waals surface area contributed by atoms with Gasteiger partial charge < -0.3 is 15.4 Å². The van der Waals surface area contributed by atoms with Gasteiger partial charge in [0.05, 0.1) is 19.2 Å². The summed E-state index contributed by atoms with van der Waals surface area (Å²) < 4.78 is 5.12. The molecule has 0 radical (unpaired) electrons. The van der Waals surface area contributed by atoms with Crippen molar-refractivity contribution in [2.24, 2.45) is 5.10 Å². The molecule has 0 spiro atoms. The van der Waals surface area contributed by atoms with Gasteiger partial charge >= 0.3 is 11.8 Å². The minimum atomic E-state index is -0.953. The first kappa shape index (κ1) is 22.6. The van der Waals surface area contributed by atoms with Crippen LogP contribution in [-0.2, 0) is 14.4 Å². The fourth-order valence-corrected chi connectivity index (χ4v) is 2.96. The first-order valence-corrected chi connectivity index (χ1v) is 9.36. The molecular formula is C22H26N4O4. The Morgan fingerprint density at radius 2 is 1.60 bits per heavy atom. The predicted molar refractivity (Wildman–Crippen MR) is 117 cm³/mol. The number of carbonyl (C=O) groups is 3. The van der Waals surface area contributed by atoms with E-state index in [1.54, 1.807) is 31.2 Å². The van der Waals surface area contributed by atoms with E-state index in [-0.39, 0.29) is 12.3 Å². The lowest BCUT2D eigenvalue weighted by molar-refractivity contribution is -0.136. The number of rotatable bonds is 6. The van der Waals surface area contributed by atoms with Crippen LogP contribution >= 0.6 is 0 Å². The number of hydrazone groups is 1. The number of hydrogen-bond donors (Lipinski definition) is 3. The van der Waals surface area contributed by atoms with Crippen LogP contribution in [-0.4, -0.2) is 30.5 Å². The second-order valence-corrected chi connectivity index (χ2v) is 6.94. The van der Waals surface area contributed by atoms with E-state index < -0.39 is 11.8 Å². The summed E-state index contributed by atoms with van der Waals surface area (Å²) in [6, 6.07) is 10.7. The number of hydrogen-bond acceptors (Lipinski definition) is 5. The monoisotopic (exact) mass is 410 g/mol. The van der Waals surface area contributed by atoms with Crippen molar-refractivity contribution in [3.05, 3.63) is 53.1 Å². The van der Waals surface area contributed by atoms with Crippen molar-refractivity contribution in [3.63, 3.8) is 0 Å². The van der Waals surface area contributed by atoms with Crippen molar-refractivity contribution in [2.45, 2.75) is 34.1 Å². The van der Waals surface area contributed by atoms with Crippen LogP contribution in [0.4, 0.5) is 11.4 Å². The van der Waals surface area contributed by atoms with Gasteiger partial charge in [-0.3, -0.25) is 14.4 Å². The van der Waals surface area contributed by atoms with Crippen molar-refractivity contribution < 1.29 is 19.1 Å². The van der Waals surface area contributed by atoms with E-state index in [0.29, 0.717) is 17.1 Å². The van der Waals surface area contributed by atoms with Crippen molar-refractivity contribution in [1.29, 1.82) is 0 Å². The maximum Gasteiger partial charge on any atom is 0.329 e. The smallest absolute Gasteiger partial charge is 0.329 e. The number of amides is 3. The molecule has 3 amide bonds. The van der Waals surface area contributed by atoms with Crippen LogP contribution in [0.2, 0.25) is 0 Å². The Kier molecular flexibility index (Phi) is 7.69. The van der Waals surface area contributed by atoms with E-state index in [9.17, 15) is 14.4 Å². The topological polar surface area (TPSA) is 109 Å². The van der Waals surface area contributed by atoms with E-state index >= 15 is 0 Å². The molecule has 0 atom stereocenters. The molecule has 3 N–H and O–H groups in total. The number of carbonyl (C=O) groups excluding carboxylic acids is 3. The molecule has 0 saturated carbocycles. The van der Waals surface area contributed by atoms with E-state index in [4.69, 9.17) is 4.74 Å². The van der Waals surface area contributed by atoms with E-state index in [1.807, 2.05) is 32.9 Å². The van der Waals surface area contributed by atoms with Gasteiger partial charge in [-0.1, -0.05) is 29.8 Å². The average Bonchev–Trinajstić information content (AvgIpc) is 2.69. The van der Waals surface area contributed by atoms with Gasteiger partial charge in [0.15, 0.2) is 0 Å². The SMILES string of the molecule is COc1ccccc1NC(=O)C(=O)N/N=C(/C)CC(=O)Nc1c(C)cc(C)cc1C. The highest BCUT2D eigenvalue weighted by molar-refractivity contribution is 6.39. The van der Waals surface area contributed by atoms with Crippen LogP contribution in [0, 0.1) is 20.8 Å². The summed E-state index contributed by atoms with van der Waals surface area (Å²) >= 11 is 0. The highest BCUT2D eigenvalue weighted by Gasteiger charge is 2.16. The van der Waals surface area contributed by atoms with Crippen molar-refractivity contribution in [3.8, 4) is 5.75 Å². The molecule has 0 unspecified atom stereocenters. The van der Waals surface area contributed by atoms with E-state index in [2.05, 4.69) is 21.2 Å². The molecule has 158 valence electrons. The molecule has 8 nitrogen and oxygen atoms in total. The summed E-state index contributed by atoms with van der Waals surface area (Å²) in [6.07, 6.45) is -0.0266. The zero-order valence-electron chi connectivity index (χ0n) is 17.8. The summed E-state index contributed by atoms with van der Waals surface area (Å²) in [5.41, 5.74) is 6.70. The van der Waals surface area contributed by atoms with Gasteiger partial charge in [0.25, 0.3) is 0 Å². The van der Waals surface area contributed by atoms with Crippen molar-refractivity contribution in [2.75, 3.05) is 17.7 Å². The number of nitrogens with one attached hydrogen (secondary N) is 3. The van der Waals surface area contributed by atoms with Crippen LogP contribution in [0.1, 0.15) is 30.0 Å². The van der Waals surface area contributed by atoms with Crippen molar-refractivity contribution in [1.82, 2.24) is 5.43 Å². The largest absolute Gasteiger partial charge is 0.495 e. The normalized spacial score (nSPS) is 10.9. The molecule has 0 fully saturated rings. The Bertz CT molecular complexity index is 975. The summed E-state index contributed by atoms with van der Waals surface area (Å²) in [7, 11) is 1.46. The lowest BCUT2D eigenvalue weighted by atomic mass is 10.0. The van der Waals surface area contributed by atoms with Crippen LogP contribution < -0.4 is 20.8 Å². The minimum Gasteiger partial charge on any atom is -0.495 e. The molecule has 0 saturated heterocycles. The Labute approximate surface area is 175 Å². The molecule has 0 bridgehead atoms. The lowest BCUT2D eigenvalue weighted by Crippen LogP contribution is -2.33. The standard InChI is InChI=1S/C22H26N4O4/c1-13-10-14(2)20(15(3)11-13)24-19(27)12-16(4)25-26-22(29)21(28)23-17-8-6-7-9-18(17)30-5/h6-11H,12H2,1-5H3,(H,23,28)(H,24,27)(H,26,29)/b25-16-. The maximum atomic E-state index is 12.3. The molecule has 2 rings (SSSR count). The van der Waals surface area contributed by atoms with Gasteiger partial charge in [-0.25, -0.2) is 5.43 Å². The molecular weight excluding hydrogens is 384 g/mol. The minimum absolute atomic E-state index is 0.0266. The van der Waals surface area contributed by atoms with E-state index in [0.717, 1.165) is 22.4 Å². The quantitative estimate of drug-likeness (QED) is 0.386. The third-order valence-electron chi connectivity index (χ3n) is 4.27. The molecule has 0 aliphatic rings. The van der Waals surface area contributed by atoms with Gasteiger partial charge in [0, 0.05) is 11.4 Å². The summed E-state index contributed by atoms with van der Waals surface area (Å²) in [5.74, 6) is -1.69. The van der Waals surface area contributed by atoms with Crippen molar-refractivity contribution >= 4 is 34.8 Å². The maximum absolute atomic E-state index is 12.3. The van der Waals surface area contributed by atoms with Gasteiger partial charge in [0.2, 0.25) is 5.91 Å². The van der Waals surface area contributed by atoms with Gasteiger partial charge in [-0.05, 0) is 51.0 Å². The number of nitrogens with zero attached hydrogens (tertiary/aromatic N) is 1. The summed E-state index contributed by atoms with van der Waals surface area (Å²) in [6.45, 7) is 7.44. The number of anilines is 2. The fourth-order valence-electron chi connectivity index (χ4n) is 2.96. The highest BCUT2D eigenvalue weighted by Crippen LogP contribution is 2.23. The summed E-state index contributed by atoms with van der Waals surface area (Å²) in [4.78, 5) is 36.3. The molecule has 0 aliphatic heterocycles. The molecule has 2 aromatic rings. The molecule has 30 heavy (non-hydrogen) atoms. The van der Waals surface area contributed by atoms with Gasteiger partial charge in [0.1, 0.15) is 5.75 Å². The van der Waals surface area contributed by atoms with E-state index in [1.165, 1.54) is 7.11 Å². The second-order valence-electron chi connectivity index (χ2n) is 6.94. The molecule has 2 aromatic carbocycles. The molecule has 0 aliphatic carbocycles. The lowest BCUT2D eigenvalue weighted by Gasteiger charge is -2.13. The highest BCUT2D eigenvalue weighted by atomic mass is 16.5. The molecule has 0 aromatic heterocycles. The molecule has 0 heterocycles. The predicted octanol–water partition coefficient (Wildman–Crippen LogP) is 3.08. The number of methoxy groups -OCH3 is 1. The summed E-state index contributed by atoms with van der Waals surface area (Å²) in [5, 5.41) is 9.15. The Morgan fingerprint density at radius 1 is 0.967 bits per heavy atom. The van der Waals surface area contributed by atoms with Gasteiger partial charge in [-0.2, -0.15) is 5.10 Å². The zero-order chi connectivity index (χ0) is 22.3. The van der Waals surface area contributed by atoms with Crippen LogP contribution in [0.15, 0.2) is 41.5 Å². The number of benzene rings is 2. The number of aryl methyl sites for hydroxylation is 3. The second kappa shape index (κ2) is 10.2. The third kappa shape index (κ3) is 6.16. The van der Waals surface area contributed by atoms with Crippen LogP contribution in [0.5, 0.6) is 5.75 Å². The van der Waals surface area contributed by atoms with Gasteiger partial charge in [-0.15, -0.1) is 0 Å². The molecule has 8 heteroatoms. The Hall–Kier alpha value is -3.68. The number of para-hydroxylation sites is 2. The average molecular weight is 410 g/mol. The first-order chi connectivity index (χ1) is 14.2. The van der Waals surface area contributed by atoms with Crippen LogP contribution in [0.3, 0.4) is 0 Å². The number of ether oxygens (including phenoxy) is 1.